The Morgan fingerprint density at radius 1 is 1.62 bits per heavy atom. The fourth-order valence-corrected chi connectivity index (χ4v) is 1.45. The third-order valence-electron chi connectivity index (χ3n) is 1.47. The average molecular weight is 221 g/mol. The van der Waals surface area contributed by atoms with Crippen LogP contribution in [0.25, 0.3) is 0 Å². The van der Waals surface area contributed by atoms with Gasteiger partial charge in [-0.05, 0) is 18.4 Å². The predicted molar refractivity (Wildman–Crippen MR) is 49.4 cm³/mol. The van der Waals surface area contributed by atoms with Crippen LogP contribution < -0.4 is 0 Å². The van der Waals surface area contributed by atoms with E-state index in [0.717, 1.165) is 0 Å². The summed E-state index contributed by atoms with van der Waals surface area (Å²) in [7, 11) is 0. The van der Waals surface area contributed by atoms with E-state index in [4.69, 9.17) is 11.9 Å². The standard InChI is InChI=1S/C8H6ClFO2S/c1-13-6-4-2-3-5(7(6)10)8(11)12-9/h2-4H,1H3. The highest BCUT2D eigenvalue weighted by Gasteiger charge is 2.15. The predicted octanol–water partition coefficient (Wildman–Crippen LogP) is 2.86. The molecule has 0 fully saturated rings. The quantitative estimate of drug-likeness (QED) is 0.717. The Balaban J connectivity index is 3.15. The van der Waals surface area contributed by atoms with E-state index in [0.29, 0.717) is 4.90 Å². The third-order valence-corrected chi connectivity index (χ3v) is 2.37. The minimum absolute atomic E-state index is 0.151. The number of halogens is 2. The van der Waals surface area contributed by atoms with Crippen molar-refractivity contribution >= 4 is 29.6 Å². The normalized spacial score (nSPS) is 9.77. The summed E-state index contributed by atoms with van der Waals surface area (Å²) in [6.07, 6.45) is 1.72. The molecule has 0 aliphatic rings. The smallest absolute Gasteiger partial charge is 0.343 e. The van der Waals surface area contributed by atoms with Crippen LogP contribution in [0.2, 0.25) is 0 Å². The van der Waals surface area contributed by atoms with E-state index in [2.05, 4.69) is 4.29 Å². The molecule has 13 heavy (non-hydrogen) atoms. The Morgan fingerprint density at radius 2 is 2.31 bits per heavy atom. The second-order valence-corrected chi connectivity index (χ2v) is 3.19. The minimum Gasteiger partial charge on any atom is -0.343 e. The van der Waals surface area contributed by atoms with Crippen LogP contribution in [-0.4, -0.2) is 12.2 Å². The summed E-state index contributed by atoms with van der Waals surface area (Å²) >= 11 is 6.04. The molecule has 2 nitrogen and oxygen atoms in total. The van der Waals surface area contributed by atoms with Crippen LogP contribution in [-0.2, 0) is 4.29 Å². The monoisotopic (exact) mass is 220 g/mol. The van der Waals surface area contributed by atoms with Gasteiger partial charge >= 0.3 is 5.97 Å². The summed E-state index contributed by atoms with van der Waals surface area (Å²) in [4.78, 5) is 11.3. The fourth-order valence-electron chi connectivity index (χ4n) is 0.868. The summed E-state index contributed by atoms with van der Waals surface area (Å²) in [6.45, 7) is 0. The van der Waals surface area contributed by atoms with Crippen molar-refractivity contribution in [2.45, 2.75) is 4.90 Å². The lowest BCUT2D eigenvalue weighted by atomic mass is 10.2. The Bertz CT molecular complexity index is 330. The van der Waals surface area contributed by atoms with E-state index in [1.54, 1.807) is 18.4 Å². The van der Waals surface area contributed by atoms with Crippen LogP contribution in [0, 0.1) is 5.82 Å². The average Bonchev–Trinajstić information content (AvgIpc) is 2.17. The maximum atomic E-state index is 13.3. The van der Waals surface area contributed by atoms with Crippen molar-refractivity contribution in [2.75, 3.05) is 6.26 Å². The highest BCUT2D eigenvalue weighted by atomic mass is 35.5. The summed E-state index contributed by atoms with van der Waals surface area (Å²) in [6, 6.07) is 4.46. The van der Waals surface area contributed by atoms with Gasteiger partial charge in [-0.2, -0.15) is 0 Å². The maximum Gasteiger partial charge on any atom is 0.359 e. The van der Waals surface area contributed by atoms with Crippen molar-refractivity contribution in [3.63, 3.8) is 0 Å². The van der Waals surface area contributed by atoms with E-state index >= 15 is 0 Å². The van der Waals surface area contributed by atoms with Crippen LogP contribution in [0.1, 0.15) is 10.4 Å². The topological polar surface area (TPSA) is 26.3 Å². The second kappa shape index (κ2) is 4.48. The molecular weight excluding hydrogens is 215 g/mol. The third kappa shape index (κ3) is 2.14. The van der Waals surface area contributed by atoms with Gasteiger partial charge in [-0.25, -0.2) is 9.18 Å². The summed E-state index contributed by atoms with van der Waals surface area (Å²) in [5.74, 6) is -1.48. The van der Waals surface area contributed by atoms with E-state index in [1.165, 1.54) is 17.8 Å². The number of hydrogen-bond acceptors (Lipinski definition) is 3. The molecule has 0 heterocycles. The van der Waals surface area contributed by atoms with Crippen LogP contribution in [0.5, 0.6) is 0 Å². The van der Waals surface area contributed by atoms with Crippen molar-refractivity contribution in [1.29, 1.82) is 0 Å². The molecule has 5 heteroatoms. The van der Waals surface area contributed by atoms with Gasteiger partial charge in [0.1, 0.15) is 11.9 Å². The van der Waals surface area contributed by atoms with Gasteiger partial charge in [-0.1, -0.05) is 6.07 Å². The molecule has 0 aliphatic carbocycles. The molecule has 0 bridgehead atoms. The number of hydrogen-bond donors (Lipinski definition) is 0. The minimum atomic E-state index is -0.880. The molecule has 0 aromatic heterocycles. The molecule has 0 radical (unpaired) electrons. The summed E-state index contributed by atoms with van der Waals surface area (Å²) in [5, 5.41) is 0. The highest BCUT2D eigenvalue weighted by Crippen LogP contribution is 2.22. The van der Waals surface area contributed by atoms with Gasteiger partial charge in [-0.15, -0.1) is 11.8 Å². The van der Waals surface area contributed by atoms with Crippen molar-refractivity contribution in [3.8, 4) is 0 Å². The highest BCUT2D eigenvalue weighted by molar-refractivity contribution is 7.98. The number of carbonyl (C=O) groups excluding carboxylic acids is 1. The molecule has 70 valence electrons. The molecule has 0 amide bonds. The maximum absolute atomic E-state index is 13.3. The first-order valence-corrected chi connectivity index (χ1v) is 4.89. The molecule has 0 unspecified atom stereocenters. The van der Waals surface area contributed by atoms with Gasteiger partial charge < -0.3 is 4.29 Å². The SMILES string of the molecule is CSc1cccc(C(=O)OCl)c1F. The Kier molecular flexibility index (Phi) is 3.57. The zero-order chi connectivity index (χ0) is 9.84. The van der Waals surface area contributed by atoms with Crippen molar-refractivity contribution in [3.05, 3.63) is 29.6 Å². The van der Waals surface area contributed by atoms with E-state index < -0.39 is 11.8 Å². The van der Waals surface area contributed by atoms with Gasteiger partial charge in [0.05, 0.1) is 5.56 Å². The lowest BCUT2D eigenvalue weighted by molar-refractivity contribution is 0.0746. The molecule has 1 aromatic rings. The van der Waals surface area contributed by atoms with Gasteiger partial charge in [-0.3, -0.25) is 0 Å². The molecular formula is C8H6ClFO2S. The molecule has 0 N–H and O–H groups in total. The van der Waals surface area contributed by atoms with Crippen LogP contribution in [0.15, 0.2) is 23.1 Å². The lowest BCUT2D eigenvalue weighted by Crippen LogP contribution is -2.02. The van der Waals surface area contributed by atoms with Gasteiger partial charge in [0.25, 0.3) is 0 Å². The van der Waals surface area contributed by atoms with Gasteiger partial charge in [0.2, 0.25) is 0 Å². The number of rotatable bonds is 2. The van der Waals surface area contributed by atoms with Crippen LogP contribution in [0.3, 0.4) is 0 Å². The lowest BCUT2D eigenvalue weighted by Gasteiger charge is -2.02. The van der Waals surface area contributed by atoms with Gasteiger partial charge in [0.15, 0.2) is 5.82 Å². The van der Waals surface area contributed by atoms with E-state index in [1.807, 2.05) is 0 Å². The first-order chi connectivity index (χ1) is 6.20. The van der Waals surface area contributed by atoms with Gasteiger partial charge in [0, 0.05) is 4.90 Å². The Hall–Kier alpha value is -0.740. The molecule has 1 aromatic carbocycles. The number of thioether (sulfide) groups is 1. The molecule has 0 saturated heterocycles. The van der Waals surface area contributed by atoms with Crippen molar-refractivity contribution < 1.29 is 13.5 Å². The van der Waals surface area contributed by atoms with Crippen LogP contribution in [0.4, 0.5) is 4.39 Å². The summed E-state index contributed by atoms with van der Waals surface area (Å²) in [5.41, 5.74) is -0.151. The Labute approximate surface area is 84.2 Å². The molecule has 0 atom stereocenters. The molecule has 0 aliphatic heterocycles. The second-order valence-electron chi connectivity index (χ2n) is 2.19. The molecule has 1 rings (SSSR count). The zero-order valence-corrected chi connectivity index (χ0v) is 8.29. The Morgan fingerprint density at radius 3 is 2.85 bits per heavy atom. The molecule has 0 saturated carbocycles. The summed E-state index contributed by atoms with van der Waals surface area (Å²) < 4.78 is 17.2. The zero-order valence-electron chi connectivity index (χ0n) is 6.71. The number of benzene rings is 1. The van der Waals surface area contributed by atoms with E-state index in [-0.39, 0.29) is 5.56 Å². The first-order valence-electron chi connectivity index (χ1n) is 3.36. The molecule has 0 spiro atoms. The first kappa shape index (κ1) is 10.3. The number of carbonyl (C=O) groups is 1. The van der Waals surface area contributed by atoms with Crippen molar-refractivity contribution in [1.82, 2.24) is 0 Å². The van der Waals surface area contributed by atoms with Crippen molar-refractivity contribution in [2.24, 2.45) is 0 Å². The largest absolute Gasteiger partial charge is 0.359 e. The van der Waals surface area contributed by atoms with Crippen LogP contribution >= 0.6 is 23.6 Å². The fraction of sp³-hybridized carbons (Fsp3) is 0.125. The van der Waals surface area contributed by atoms with E-state index in [9.17, 15) is 9.18 Å².